The maximum atomic E-state index is 12.3. The summed E-state index contributed by atoms with van der Waals surface area (Å²) in [5.74, 6) is -0.292. The van der Waals surface area contributed by atoms with Gasteiger partial charge in [0.05, 0.1) is 6.20 Å². The van der Waals surface area contributed by atoms with E-state index in [0.717, 1.165) is 32.2 Å². The van der Waals surface area contributed by atoms with Crippen molar-refractivity contribution in [3.63, 3.8) is 0 Å². The van der Waals surface area contributed by atoms with Gasteiger partial charge in [0.2, 0.25) is 0 Å². The van der Waals surface area contributed by atoms with Crippen molar-refractivity contribution in [2.24, 2.45) is 0 Å². The number of rotatable bonds is 3. The number of nitrogens with one attached hydrogen (secondary N) is 1. The average Bonchev–Trinajstić information content (AvgIpc) is 3.08. The Hall–Kier alpha value is -3.19. The highest BCUT2D eigenvalue weighted by Crippen LogP contribution is 2.33. The summed E-state index contributed by atoms with van der Waals surface area (Å²) in [6.45, 7) is 1.96. The number of thiazole rings is 1. The Morgan fingerprint density at radius 2 is 2.00 bits per heavy atom. The summed E-state index contributed by atoms with van der Waals surface area (Å²) in [7, 11) is 0. The van der Waals surface area contributed by atoms with Crippen molar-refractivity contribution in [2.45, 2.75) is 6.92 Å². The van der Waals surface area contributed by atoms with Crippen LogP contribution >= 0.6 is 11.3 Å². The largest absolute Gasteiger partial charge is 0.320 e. The molecule has 0 unspecified atom stereocenters. The fourth-order valence-corrected chi connectivity index (χ4v) is 3.48. The molecule has 3 heterocycles. The first-order valence-corrected chi connectivity index (χ1v) is 8.43. The van der Waals surface area contributed by atoms with Crippen molar-refractivity contribution in [1.29, 1.82) is 0 Å². The Labute approximate surface area is 147 Å². The summed E-state index contributed by atoms with van der Waals surface area (Å²) in [6, 6.07) is 9.56. The zero-order chi connectivity index (χ0) is 17.2. The number of benzene rings is 1. The Morgan fingerprint density at radius 1 is 1.08 bits per heavy atom. The van der Waals surface area contributed by atoms with Gasteiger partial charge in [0.15, 0.2) is 0 Å². The van der Waals surface area contributed by atoms with Crippen LogP contribution in [0.5, 0.6) is 0 Å². The number of nitrogens with zero attached hydrogens (tertiary/aromatic N) is 4. The predicted molar refractivity (Wildman–Crippen MR) is 97.6 cm³/mol. The third-order valence-electron chi connectivity index (χ3n) is 3.77. The molecule has 6 nitrogen and oxygen atoms in total. The number of hydrogen-bond donors (Lipinski definition) is 1. The van der Waals surface area contributed by atoms with Crippen LogP contribution in [0.2, 0.25) is 0 Å². The van der Waals surface area contributed by atoms with Crippen LogP contribution in [-0.2, 0) is 0 Å². The monoisotopic (exact) mass is 347 g/mol. The molecule has 3 aromatic heterocycles. The normalized spacial score (nSPS) is 10.8. The van der Waals surface area contributed by atoms with Gasteiger partial charge in [-0.1, -0.05) is 23.5 Å². The maximum Gasteiger partial charge on any atom is 0.275 e. The number of aromatic nitrogens is 4. The van der Waals surface area contributed by atoms with E-state index in [9.17, 15) is 4.79 Å². The first-order chi connectivity index (χ1) is 12.2. The standard InChI is InChI=1S/C18H13N5OS/c1-11-12(17-23-14-6-3-7-21-18(14)25-17)4-2-5-13(11)22-16(24)15-10-19-8-9-20-15/h2-10H,1H3,(H,22,24). The highest BCUT2D eigenvalue weighted by atomic mass is 32.1. The summed E-state index contributed by atoms with van der Waals surface area (Å²) in [6.07, 6.45) is 6.22. The minimum atomic E-state index is -0.292. The van der Waals surface area contributed by atoms with E-state index in [1.54, 1.807) is 6.20 Å². The van der Waals surface area contributed by atoms with E-state index in [1.807, 2.05) is 37.3 Å². The summed E-state index contributed by atoms with van der Waals surface area (Å²) in [5.41, 5.74) is 3.78. The topological polar surface area (TPSA) is 80.7 Å². The molecule has 7 heteroatoms. The number of carbonyl (C=O) groups is 1. The summed E-state index contributed by atoms with van der Waals surface area (Å²) in [4.78, 5) is 30.1. The van der Waals surface area contributed by atoms with Gasteiger partial charge in [-0.3, -0.25) is 9.78 Å². The van der Waals surface area contributed by atoms with Crippen molar-refractivity contribution in [3.05, 3.63) is 66.4 Å². The highest BCUT2D eigenvalue weighted by molar-refractivity contribution is 7.21. The van der Waals surface area contributed by atoms with Gasteiger partial charge in [-0.2, -0.15) is 0 Å². The lowest BCUT2D eigenvalue weighted by Crippen LogP contribution is -2.14. The molecule has 4 rings (SSSR count). The van der Waals surface area contributed by atoms with E-state index in [0.29, 0.717) is 0 Å². The van der Waals surface area contributed by atoms with Crippen LogP contribution < -0.4 is 5.32 Å². The molecule has 0 spiro atoms. The zero-order valence-electron chi connectivity index (χ0n) is 13.3. The number of fused-ring (bicyclic) bond motifs is 1. The maximum absolute atomic E-state index is 12.3. The van der Waals surface area contributed by atoms with E-state index >= 15 is 0 Å². The van der Waals surface area contributed by atoms with E-state index < -0.39 is 0 Å². The van der Waals surface area contributed by atoms with Crippen LogP contribution in [0.1, 0.15) is 16.1 Å². The van der Waals surface area contributed by atoms with Crippen LogP contribution in [0.15, 0.2) is 55.1 Å². The molecule has 1 N–H and O–H groups in total. The summed E-state index contributed by atoms with van der Waals surface area (Å²) in [5, 5.41) is 3.77. The van der Waals surface area contributed by atoms with Gasteiger partial charge in [-0.05, 0) is 30.7 Å². The Balaban J connectivity index is 1.69. The lowest BCUT2D eigenvalue weighted by atomic mass is 10.1. The second kappa shape index (κ2) is 6.37. The van der Waals surface area contributed by atoms with E-state index in [4.69, 9.17) is 0 Å². The van der Waals surface area contributed by atoms with Crippen molar-refractivity contribution >= 4 is 33.3 Å². The van der Waals surface area contributed by atoms with E-state index in [1.165, 1.54) is 29.9 Å². The fraction of sp³-hybridized carbons (Fsp3) is 0.0556. The average molecular weight is 347 g/mol. The number of hydrogen-bond acceptors (Lipinski definition) is 6. The minimum Gasteiger partial charge on any atom is -0.320 e. The van der Waals surface area contributed by atoms with Crippen molar-refractivity contribution in [2.75, 3.05) is 5.32 Å². The third-order valence-corrected chi connectivity index (χ3v) is 4.79. The van der Waals surface area contributed by atoms with Crippen LogP contribution in [0.25, 0.3) is 20.9 Å². The molecule has 0 saturated carbocycles. The number of pyridine rings is 1. The molecule has 1 aromatic carbocycles. The quantitative estimate of drug-likeness (QED) is 0.611. The van der Waals surface area contributed by atoms with Gasteiger partial charge < -0.3 is 5.32 Å². The number of anilines is 1. The van der Waals surface area contributed by atoms with Crippen LogP contribution in [0, 0.1) is 6.92 Å². The molecule has 0 saturated heterocycles. The first kappa shape index (κ1) is 15.3. The van der Waals surface area contributed by atoms with Crippen molar-refractivity contribution in [3.8, 4) is 10.6 Å². The van der Waals surface area contributed by atoms with Crippen molar-refractivity contribution in [1.82, 2.24) is 19.9 Å². The van der Waals surface area contributed by atoms with E-state index in [-0.39, 0.29) is 11.6 Å². The SMILES string of the molecule is Cc1c(NC(=O)c2cnccn2)cccc1-c1nc2cccnc2s1. The lowest BCUT2D eigenvalue weighted by molar-refractivity contribution is 0.102. The van der Waals surface area contributed by atoms with Gasteiger partial charge in [0, 0.05) is 29.8 Å². The second-order valence-electron chi connectivity index (χ2n) is 5.37. The van der Waals surface area contributed by atoms with Crippen LogP contribution in [-0.4, -0.2) is 25.8 Å². The fourth-order valence-electron chi connectivity index (χ4n) is 2.49. The molecule has 0 aliphatic rings. The van der Waals surface area contributed by atoms with Crippen molar-refractivity contribution < 1.29 is 4.79 Å². The van der Waals surface area contributed by atoms with E-state index in [2.05, 4.69) is 25.3 Å². The molecule has 4 aromatic rings. The molecule has 0 aliphatic carbocycles. The second-order valence-corrected chi connectivity index (χ2v) is 6.35. The molecule has 122 valence electrons. The van der Waals surface area contributed by atoms with Gasteiger partial charge >= 0.3 is 0 Å². The number of carbonyl (C=O) groups excluding carboxylic acids is 1. The lowest BCUT2D eigenvalue weighted by Gasteiger charge is -2.10. The Kier molecular flexibility index (Phi) is 3.91. The van der Waals surface area contributed by atoms with Crippen LogP contribution in [0.3, 0.4) is 0 Å². The molecule has 0 bridgehead atoms. The van der Waals surface area contributed by atoms with Gasteiger partial charge in [-0.15, -0.1) is 0 Å². The first-order valence-electron chi connectivity index (χ1n) is 7.61. The zero-order valence-corrected chi connectivity index (χ0v) is 14.1. The molecule has 0 fully saturated rings. The van der Waals surface area contributed by atoms with Gasteiger partial charge in [0.25, 0.3) is 5.91 Å². The minimum absolute atomic E-state index is 0.275. The van der Waals surface area contributed by atoms with Gasteiger partial charge in [0.1, 0.15) is 21.0 Å². The smallest absolute Gasteiger partial charge is 0.275 e. The van der Waals surface area contributed by atoms with Gasteiger partial charge in [-0.25, -0.2) is 15.0 Å². The molecular weight excluding hydrogens is 334 g/mol. The molecular formula is C18H13N5OS. The predicted octanol–water partition coefficient (Wildman–Crippen LogP) is 3.71. The molecule has 0 atom stereocenters. The Morgan fingerprint density at radius 3 is 2.80 bits per heavy atom. The Bertz CT molecular complexity index is 1030. The van der Waals surface area contributed by atoms with Crippen LogP contribution in [0.4, 0.5) is 5.69 Å². The molecule has 25 heavy (non-hydrogen) atoms. The molecule has 0 aliphatic heterocycles. The summed E-state index contributed by atoms with van der Waals surface area (Å²) >= 11 is 1.53. The highest BCUT2D eigenvalue weighted by Gasteiger charge is 2.14. The number of amides is 1. The third kappa shape index (κ3) is 2.97. The molecule has 0 radical (unpaired) electrons. The summed E-state index contributed by atoms with van der Waals surface area (Å²) < 4.78 is 0. The molecule has 1 amide bonds.